The zero-order valence-electron chi connectivity index (χ0n) is 13.5. The zero-order valence-corrected chi connectivity index (χ0v) is 14.3. The van der Waals surface area contributed by atoms with Crippen molar-refractivity contribution in [2.24, 2.45) is 0 Å². The maximum absolute atomic E-state index is 11.3. The van der Waals surface area contributed by atoms with Crippen molar-refractivity contribution in [1.82, 2.24) is 9.97 Å². The molecule has 132 valence electrons. The van der Waals surface area contributed by atoms with Gasteiger partial charge in [-0.3, -0.25) is 10.1 Å². The largest absolute Gasteiger partial charge is 0.468 e. The highest BCUT2D eigenvalue weighted by Gasteiger charge is 2.26. The minimum atomic E-state index is -0.677. The number of aromatic nitrogens is 2. The second-order valence-electron chi connectivity index (χ2n) is 5.26. The summed E-state index contributed by atoms with van der Waals surface area (Å²) < 4.78 is 11.0. The molecule has 0 aliphatic heterocycles. The van der Waals surface area contributed by atoms with E-state index in [0.717, 1.165) is 11.1 Å². The van der Waals surface area contributed by atoms with Crippen LogP contribution in [0.4, 0.5) is 5.69 Å². The summed E-state index contributed by atoms with van der Waals surface area (Å²) in [6.07, 6.45) is 0. The second-order valence-corrected chi connectivity index (χ2v) is 5.61. The Kier molecular flexibility index (Phi) is 5.60. The van der Waals surface area contributed by atoms with Crippen molar-refractivity contribution in [3.8, 4) is 11.9 Å². The Morgan fingerprint density at radius 1 is 0.885 bits per heavy atom. The Hall–Kier alpha value is -3.19. The number of hydrogen-bond donors (Lipinski definition) is 0. The summed E-state index contributed by atoms with van der Waals surface area (Å²) in [5, 5.41) is 10.9. The van der Waals surface area contributed by atoms with Gasteiger partial charge in [-0.2, -0.15) is 9.97 Å². The monoisotopic (exact) mass is 371 g/mol. The van der Waals surface area contributed by atoms with Crippen molar-refractivity contribution in [1.29, 1.82) is 0 Å². The maximum Gasteiger partial charge on any atom is 0.368 e. The van der Waals surface area contributed by atoms with Gasteiger partial charge in [0.2, 0.25) is 5.15 Å². The predicted octanol–water partition coefficient (Wildman–Crippen LogP) is 4.20. The van der Waals surface area contributed by atoms with Gasteiger partial charge >= 0.3 is 17.6 Å². The van der Waals surface area contributed by atoms with E-state index in [1.165, 1.54) is 0 Å². The molecule has 3 aromatic rings. The zero-order chi connectivity index (χ0) is 18.4. The SMILES string of the molecule is O=[N+]([O-])c1c(Cl)nc(OCc2ccccc2)nc1OCc1ccccc1. The van der Waals surface area contributed by atoms with Crippen LogP contribution in [0.5, 0.6) is 11.9 Å². The Morgan fingerprint density at radius 3 is 1.96 bits per heavy atom. The molecule has 8 heteroatoms. The topological polar surface area (TPSA) is 87.4 Å². The molecular weight excluding hydrogens is 358 g/mol. The molecule has 0 aliphatic carbocycles. The summed E-state index contributed by atoms with van der Waals surface area (Å²) in [4.78, 5) is 18.4. The summed E-state index contributed by atoms with van der Waals surface area (Å²) in [6.45, 7) is 0.306. The third-order valence-corrected chi connectivity index (χ3v) is 3.66. The lowest BCUT2D eigenvalue weighted by atomic mass is 10.2. The minimum absolute atomic E-state index is 0.0903. The molecule has 0 N–H and O–H groups in total. The van der Waals surface area contributed by atoms with Crippen molar-refractivity contribution in [2.45, 2.75) is 13.2 Å². The van der Waals surface area contributed by atoms with Gasteiger partial charge < -0.3 is 9.47 Å². The number of nitrogens with zero attached hydrogens (tertiary/aromatic N) is 3. The lowest BCUT2D eigenvalue weighted by molar-refractivity contribution is -0.386. The number of hydrogen-bond acceptors (Lipinski definition) is 6. The third kappa shape index (κ3) is 4.46. The number of rotatable bonds is 7. The van der Waals surface area contributed by atoms with E-state index >= 15 is 0 Å². The first-order chi connectivity index (χ1) is 12.6. The molecule has 1 heterocycles. The molecule has 0 saturated heterocycles. The first-order valence-electron chi connectivity index (χ1n) is 7.69. The van der Waals surface area contributed by atoms with Crippen LogP contribution in [-0.4, -0.2) is 14.9 Å². The highest BCUT2D eigenvalue weighted by Crippen LogP contribution is 2.33. The fourth-order valence-electron chi connectivity index (χ4n) is 2.16. The van der Waals surface area contributed by atoms with E-state index in [2.05, 4.69) is 9.97 Å². The molecule has 3 rings (SSSR count). The fourth-order valence-corrected chi connectivity index (χ4v) is 2.38. The average molecular weight is 372 g/mol. The van der Waals surface area contributed by atoms with E-state index in [4.69, 9.17) is 21.1 Å². The molecule has 1 aromatic heterocycles. The van der Waals surface area contributed by atoms with Crippen molar-refractivity contribution >= 4 is 17.3 Å². The number of nitro groups is 1. The van der Waals surface area contributed by atoms with Crippen LogP contribution in [0.25, 0.3) is 0 Å². The first kappa shape index (κ1) is 17.6. The summed E-state index contributed by atoms with van der Waals surface area (Å²) >= 11 is 5.94. The van der Waals surface area contributed by atoms with Crippen LogP contribution >= 0.6 is 11.6 Å². The molecule has 0 fully saturated rings. The van der Waals surface area contributed by atoms with Gasteiger partial charge in [0, 0.05) is 0 Å². The smallest absolute Gasteiger partial charge is 0.368 e. The van der Waals surface area contributed by atoms with E-state index in [1.54, 1.807) is 0 Å². The molecule has 0 radical (unpaired) electrons. The molecular formula is C18H14ClN3O4. The molecule has 7 nitrogen and oxygen atoms in total. The third-order valence-electron chi connectivity index (χ3n) is 3.40. The number of ether oxygens (including phenoxy) is 2. The van der Waals surface area contributed by atoms with E-state index in [-0.39, 0.29) is 30.3 Å². The fraction of sp³-hybridized carbons (Fsp3) is 0.111. The molecule has 0 spiro atoms. The lowest BCUT2D eigenvalue weighted by Crippen LogP contribution is -2.06. The number of halogens is 1. The molecule has 0 atom stereocenters. The van der Waals surface area contributed by atoms with Gasteiger partial charge in [-0.1, -0.05) is 72.3 Å². The summed E-state index contributed by atoms with van der Waals surface area (Å²) in [6, 6.07) is 18.5. The van der Waals surface area contributed by atoms with Crippen molar-refractivity contribution < 1.29 is 14.4 Å². The highest BCUT2D eigenvalue weighted by molar-refractivity contribution is 6.31. The van der Waals surface area contributed by atoms with Crippen LogP contribution in [0.2, 0.25) is 5.15 Å². The van der Waals surface area contributed by atoms with E-state index in [1.807, 2.05) is 60.7 Å². The second kappa shape index (κ2) is 8.26. The Labute approximate surface area is 154 Å². The molecule has 0 aliphatic rings. The Balaban J connectivity index is 1.80. The van der Waals surface area contributed by atoms with Crippen molar-refractivity contribution in [3.05, 3.63) is 87.1 Å². The highest BCUT2D eigenvalue weighted by atomic mass is 35.5. The summed E-state index contributed by atoms with van der Waals surface area (Å²) in [5.74, 6) is -0.234. The van der Waals surface area contributed by atoms with Gasteiger partial charge in [-0.25, -0.2) is 0 Å². The van der Waals surface area contributed by atoms with Crippen molar-refractivity contribution in [3.63, 3.8) is 0 Å². The van der Waals surface area contributed by atoms with Crippen LogP contribution in [0.15, 0.2) is 60.7 Å². The van der Waals surface area contributed by atoms with E-state index in [0.29, 0.717) is 0 Å². The Morgan fingerprint density at radius 2 is 1.42 bits per heavy atom. The first-order valence-corrected chi connectivity index (χ1v) is 8.06. The molecule has 0 saturated carbocycles. The summed E-state index contributed by atoms with van der Waals surface area (Å²) in [7, 11) is 0. The van der Waals surface area contributed by atoms with Crippen LogP contribution in [-0.2, 0) is 13.2 Å². The van der Waals surface area contributed by atoms with E-state index in [9.17, 15) is 10.1 Å². The molecule has 26 heavy (non-hydrogen) atoms. The normalized spacial score (nSPS) is 10.3. The maximum atomic E-state index is 11.3. The van der Waals surface area contributed by atoms with Crippen LogP contribution in [0.3, 0.4) is 0 Å². The van der Waals surface area contributed by atoms with Crippen LogP contribution in [0.1, 0.15) is 11.1 Å². The quantitative estimate of drug-likeness (QED) is 0.351. The van der Waals surface area contributed by atoms with Crippen LogP contribution in [0, 0.1) is 10.1 Å². The summed E-state index contributed by atoms with van der Waals surface area (Å²) in [5.41, 5.74) is 1.25. The van der Waals surface area contributed by atoms with Gasteiger partial charge in [0.15, 0.2) is 0 Å². The minimum Gasteiger partial charge on any atom is -0.468 e. The van der Waals surface area contributed by atoms with Gasteiger partial charge in [0.25, 0.3) is 0 Å². The van der Waals surface area contributed by atoms with Gasteiger partial charge in [-0.15, -0.1) is 0 Å². The van der Waals surface area contributed by atoms with Crippen molar-refractivity contribution in [2.75, 3.05) is 0 Å². The van der Waals surface area contributed by atoms with Gasteiger partial charge in [0.05, 0.1) is 4.92 Å². The number of benzene rings is 2. The molecule has 0 unspecified atom stereocenters. The molecule has 0 amide bonds. The standard InChI is InChI=1S/C18H14ClN3O4/c19-16-15(22(23)24)17(25-11-13-7-3-1-4-8-13)21-18(20-16)26-12-14-9-5-2-6-10-14/h1-10H,11-12H2. The average Bonchev–Trinajstić information content (AvgIpc) is 2.66. The van der Waals surface area contributed by atoms with Gasteiger partial charge in [-0.05, 0) is 11.1 Å². The Bertz CT molecular complexity index is 892. The van der Waals surface area contributed by atoms with Crippen LogP contribution < -0.4 is 9.47 Å². The molecule has 0 bridgehead atoms. The molecule has 2 aromatic carbocycles. The van der Waals surface area contributed by atoms with Gasteiger partial charge in [0.1, 0.15) is 13.2 Å². The predicted molar refractivity (Wildman–Crippen MR) is 95.2 cm³/mol. The lowest BCUT2D eigenvalue weighted by Gasteiger charge is -2.09. The van der Waals surface area contributed by atoms with E-state index < -0.39 is 10.6 Å².